The summed E-state index contributed by atoms with van der Waals surface area (Å²) in [6.45, 7) is 4.95. The number of anilines is 2. The van der Waals surface area contributed by atoms with Gasteiger partial charge in [-0.3, -0.25) is 9.48 Å². The standard InChI is InChI=1S/C24H32N6O/c1-16(2)13-30-15-19(20-12-27-29(3)14-20)10-22(24(30)31)28-21-7-4-17(5-8-21)18-6-9-23(25)26-11-18/h6,9-12,14-17,21,28H,4-5,7-8,13H2,1-3H3,(H2,25,26). The fraction of sp³-hybridized carbons (Fsp3) is 0.458. The second-order valence-electron chi connectivity index (χ2n) is 9.11. The molecule has 164 valence electrons. The first-order valence-corrected chi connectivity index (χ1v) is 11.1. The molecular weight excluding hydrogens is 388 g/mol. The first-order chi connectivity index (χ1) is 14.9. The van der Waals surface area contributed by atoms with E-state index in [4.69, 9.17) is 5.73 Å². The topological polar surface area (TPSA) is 90.8 Å². The van der Waals surface area contributed by atoms with Crippen LogP contribution >= 0.6 is 0 Å². The number of hydrogen-bond donors (Lipinski definition) is 2. The van der Waals surface area contributed by atoms with Crippen molar-refractivity contribution in [3.63, 3.8) is 0 Å². The molecule has 0 unspecified atom stereocenters. The Morgan fingerprint density at radius 2 is 1.90 bits per heavy atom. The van der Waals surface area contributed by atoms with Crippen LogP contribution in [0.15, 0.2) is 47.8 Å². The number of nitrogens with one attached hydrogen (secondary N) is 1. The van der Waals surface area contributed by atoms with E-state index in [0.717, 1.165) is 36.8 Å². The number of nitrogens with two attached hydrogens (primary N) is 1. The van der Waals surface area contributed by atoms with Crippen molar-refractivity contribution in [3.05, 3.63) is 58.9 Å². The molecule has 0 atom stereocenters. The minimum absolute atomic E-state index is 0.0474. The maximum Gasteiger partial charge on any atom is 0.273 e. The van der Waals surface area contributed by atoms with E-state index in [0.29, 0.717) is 35.9 Å². The third kappa shape index (κ3) is 4.98. The molecular formula is C24H32N6O. The van der Waals surface area contributed by atoms with Gasteiger partial charge in [0.2, 0.25) is 0 Å². The Morgan fingerprint density at radius 3 is 2.52 bits per heavy atom. The zero-order valence-corrected chi connectivity index (χ0v) is 18.6. The van der Waals surface area contributed by atoms with Crippen LogP contribution in [0.4, 0.5) is 11.5 Å². The number of aromatic nitrogens is 4. The van der Waals surface area contributed by atoms with Gasteiger partial charge in [0, 0.05) is 49.4 Å². The Kier molecular flexibility index (Phi) is 6.11. The van der Waals surface area contributed by atoms with E-state index in [2.05, 4.69) is 35.3 Å². The van der Waals surface area contributed by atoms with Crippen LogP contribution in [0.25, 0.3) is 11.1 Å². The van der Waals surface area contributed by atoms with Gasteiger partial charge in [0.25, 0.3) is 5.56 Å². The van der Waals surface area contributed by atoms with E-state index in [9.17, 15) is 4.79 Å². The maximum atomic E-state index is 13.1. The zero-order valence-electron chi connectivity index (χ0n) is 18.6. The number of nitrogen functional groups attached to an aromatic ring is 1. The summed E-state index contributed by atoms with van der Waals surface area (Å²) in [4.78, 5) is 17.4. The van der Waals surface area contributed by atoms with Gasteiger partial charge in [-0.05, 0) is 55.2 Å². The lowest BCUT2D eigenvalue weighted by Crippen LogP contribution is -2.31. The SMILES string of the molecule is CC(C)Cn1cc(-c2cnn(C)c2)cc(NC2CCC(c3ccc(N)nc3)CC2)c1=O. The Balaban J connectivity index is 1.52. The van der Waals surface area contributed by atoms with E-state index in [1.807, 2.05) is 48.5 Å². The molecule has 0 radical (unpaired) electrons. The van der Waals surface area contributed by atoms with Crippen molar-refractivity contribution in [1.82, 2.24) is 19.3 Å². The lowest BCUT2D eigenvalue weighted by atomic mass is 9.82. The van der Waals surface area contributed by atoms with Gasteiger partial charge in [-0.1, -0.05) is 19.9 Å². The van der Waals surface area contributed by atoms with Crippen LogP contribution in [-0.2, 0) is 13.6 Å². The van der Waals surface area contributed by atoms with Gasteiger partial charge >= 0.3 is 0 Å². The van der Waals surface area contributed by atoms with Crippen LogP contribution in [0.2, 0.25) is 0 Å². The summed E-state index contributed by atoms with van der Waals surface area (Å²) in [7, 11) is 1.90. The van der Waals surface area contributed by atoms with E-state index in [1.54, 1.807) is 4.68 Å². The molecule has 1 saturated carbocycles. The normalized spacial score (nSPS) is 19.0. The van der Waals surface area contributed by atoms with Gasteiger partial charge < -0.3 is 15.6 Å². The molecule has 3 aromatic rings. The number of hydrogen-bond acceptors (Lipinski definition) is 5. The van der Waals surface area contributed by atoms with Crippen molar-refractivity contribution < 1.29 is 0 Å². The molecule has 0 amide bonds. The summed E-state index contributed by atoms with van der Waals surface area (Å²) in [5.74, 6) is 1.45. The van der Waals surface area contributed by atoms with Gasteiger partial charge in [0.15, 0.2) is 0 Å². The van der Waals surface area contributed by atoms with Crippen molar-refractivity contribution >= 4 is 11.5 Å². The molecule has 4 rings (SSSR count). The van der Waals surface area contributed by atoms with E-state index < -0.39 is 0 Å². The Labute approximate surface area is 183 Å². The quantitative estimate of drug-likeness (QED) is 0.628. The Morgan fingerprint density at radius 1 is 1.13 bits per heavy atom. The average molecular weight is 421 g/mol. The van der Waals surface area contributed by atoms with Gasteiger partial charge in [0.05, 0.1) is 6.20 Å². The van der Waals surface area contributed by atoms with Crippen LogP contribution in [0.5, 0.6) is 0 Å². The predicted octanol–water partition coefficient (Wildman–Crippen LogP) is 4.02. The number of pyridine rings is 2. The zero-order chi connectivity index (χ0) is 22.0. The molecule has 1 aliphatic rings. The highest BCUT2D eigenvalue weighted by molar-refractivity contribution is 5.65. The predicted molar refractivity (Wildman–Crippen MR) is 125 cm³/mol. The third-order valence-electron chi connectivity index (χ3n) is 6.05. The maximum absolute atomic E-state index is 13.1. The molecule has 3 heterocycles. The fourth-order valence-electron chi connectivity index (χ4n) is 4.45. The van der Waals surface area contributed by atoms with Gasteiger partial charge in [-0.15, -0.1) is 0 Å². The Bertz CT molecular complexity index is 1070. The second-order valence-corrected chi connectivity index (χ2v) is 9.11. The largest absolute Gasteiger partial charge is 0.384 e. The van der Waals surface area contributed by atoms with E-state index >= 15 is 0 Å². The van der Waals surface area contributed by atoms with Crippen molar-refractivity contribution in [2.45, 2.75) is 58.0 Å². The highest BCUT2D eigenvalue weighted by Gasteiger charge is 2.23. The van der Waals surface area contributed by atoms with Gasteiger partial charge in [0.1, 0.15) is 11.5 Å². The monoisotopic (exact) mass is 420 g/mol. The van der Waals surface area contributed by atoms with E-state index in [1.165, 1.54) is 5.56 Å². The van der Waals surface area contributed by atoms with Gasteiger partial charge in [-0.2, -0.15) is 5.10 Å². The summed E-state index contributed by atoms with van der Waals surface area (Å²) in [5.41, 5.74) is 9.73. The van der Waals surface area contributed by atoms with Crippen molar-refractivity contribution in [3.8, 4) is 11.1 Å². The molecule has 1 fully saturated rings. The van der Waals surface area contributed by atoms with Crippen molar-refractivity contribution in [2.75, 3.05) is 11.1 Å². The molecule has 0 saturated heterocycles. The average Bonchev–Trinajstić information content (AvgIpc) is 3.18. The molecule has 0 aliphatic heterocycles. The number of aryl methyl sites for hydroxylation is 1. The highest BCUT2D eigenvalue weighted by atomic mass is 16.1. The first kappa shape index (κ1) is 21.2. The molecule has 31 heavy (non-hydrogen) atoms. The Hall–Kier alpha value is -3.09. The minimum Gasteiger partial charge on any atom is -0.384 e. The van der Waals surface area contributed by atoms with Gasteiger partial charge in [-0.25, -0.2) is 4.98 Å². The fourth-order valence-corrected chi connectivity index (χ4v) is 4.45. The summed E-state index contributed by atoms with van der Waals surface area (Å²) >= 11 is 0. The van der Waals surface area contributed by atoms with Crippen LogP contribution in [-0.4, -0.2) is 25.4 Å². The molecule has 0 bridgehead atoms. The first-order valence-electron chi connectivity index (χ1n) is 11.1. The number of rotatable bonds is 6. The molecule has 0 aromatic carbocycles. The van der Waals surface area contributed by atoms with Crippen LogP contribution in [0.3, 0.4) is 0 Å². The molecule has 3 N–H and O–H groups in total. The summed E-state index contributed by atoms with van der Waals surface area (Å²) < 4.78 is 3.62. The molecule has 1 aliphatic carbocycles. The van der Waals surface area contributed by atoms with Crippen LogP contribution in [0, 0.1) is 5.92 Å². The lowest BCUT2D eigenvalue weighted by molar-refractivity contribution is 0.411. The molecule has 7 heteroatoms. The highest BCUT2D eigenvalue weighted by Crippen LogP contribution is 2.34. The van der Waals surface area contributed by atoms with E-state index in [-0.39, 0.29) is 5.56 Å². The summed E-state index contributed by atoms with van der Waals surface area (Å²) in [6.07, 6.45) is 11.9. The smallest absolute Gasteiger partial charge is 0.273 e. The van der Waals surface area contributed by atoms with Crippen molar-refractivity contribution in [2.24, 2.45) is 13.0 Å². The van der Waals surface area contributed by atoms with Crippen molar-refractivity contribution in [1.29, 1.82) is 0 Å². The third-order valence-corrected chi connectivity index (χ3v) is 6.05. The summed E-state index contributed by atoms with van der Waals surface area (Å²) in [6, 6.07) is 6.23. The molecule has 7 nitrogen and oxygen atoms in total. The molecule has 3 aromatic heterocycles. The molecule has 0 spiro atoms. The van der Waals surface area contributed by atoms with Crippen LogP contribution in [0.1, 0.15) is 51.0 Å². The summed E-state index contributed by atoms with van der Waals surface area (Å²) in [5, 5.41) is 7.85. The minimum atomic E-state index is 0.0474. The lowest BCUT2D eigenvalue weighted by Gasteiger charge is -2.30. The van der Waals surface area contributed by atoms with Crippen LogP contribution < -0.4 is 16.6 Å². The second kappa shape index (κ2) is 8.96. The number of nitrogens with zero attached hydrogens (tertiary/aromatic N) is 4.